The zero-order chi connectivity index (χ0) is 14.5. The van der Waals surface area contributed by atoms with Gasteiger partial charge in [-0.15, -0.1) is 0 Å². The Bertz CT molecular complexity index is 661. The Morgan fingerprint density at radius 1 is 1.30 bits per heavy atom. The molecule has 0 atom stereocenters. The maximum absolute atomic E-state index is 12.2. The molecule has 0 bridgehead atoms. The molecule has 0 aliphatic rings. The Morgan fingerprint density at radius 3 is 2.80 bits per heavy atom. The van der Waals surface area contributed by atoms with E-state index in [0.29, 0.717) is 11.9 Å². The van der Waals surface area contributed by atoms with Crippen molar-refractivity contribution in [3.63, 3.8) is 0 Å². The van der Waals surface area contributed by atoms with Gasteiger partial charge in [-0.2, -0.15) is 0 Å². The highest BCUT2D eigenvalue weighted by Gasteiger charge is 2.11. The number of carbonyl (C=O) groups is 1. The average Bonchev–Trinajstić information content (AvgIpc) is 2.44. The Kier molecular flexibility index (Phi) is 4.53. The molecule has 1 aromatic heterocycles. The normalized spacial score (nSPS) is 10.9. The van der Waals surface area contributed by atoms with Crippen LogP contribution in [0.3, 0.4) is 0 Å². The Balaban J connectivity index is 2.11. The number of hydrogen-bond donors (Lipinski definition) is 2. The van der Waals surface area contributed by atoms with Gasteiger partial charge in [0, 0.05) is 23.6 Å². The summed E-state index contributed by atoms with van der Waals surface area (Å²) in [6.07, 6.45) is 2.33. The van der Waals surface area contributed by atoms with Gasteiger partial charge >= 0.3 is 0 Å². The number of aromatic amines is 1. The molecule has 5 heteroatoms. The van der Waals surface area contributed by atoms with E-state index in [9.17, 15) is 9.59 Å². The van der Waals surface area contributed by atoms with Crippen LogP contribution in [0.5, 0.6) is 0 Å². The van der Waals surface area contributed by atoms with Crippen molar-refractivity contribution in [2.75, 3.05) is 27.2 Å². The van der Waals surface area contributed by atoms with Crippen molar-refractivity contribution in [1.82, 2.24) is 15.2 Å². The first-order valence-corrected chi connectivity index (χ1v) is 6.63. The van der Waals surface area contributed by atoms with E-state index in [1.807, 2.05) is 26.2 Å². The van der Waals surface area contributed by atoms with E-state index in [1.165, 1.54) is 6.20 Å². The lowest BCUT2D eigenvalue weighted by atomic mass is 10.1. The Morgan fingerprint density at radius 2 is 2.05 bits per heavy atom. The number of hydrogen-bond acceptors (Lipinski definition) is 3. The minimum atomic E-state index is -0.323. The standard InChI is InChI=1S/C15H19N3O2/c1-18(2)9-5-8-16-15(20)12-10-17-13-7-4-3-6-11(13)14(12)19/h3-4,6-7,10H,5,8-9H2,1-2H3,(H,16,20)(H,17,19). The molecule has 5 nitrogen and oxygen atoms in total. The second-order valence-corrected chi connectivity index (χ2v) is 4.99. The van der Waals surface area contributed by atoms with Gasteiger partial charge in [-0.25, -0.2) is 0 Å². The fourth-order valence-corrected chi connectivity index (χ4v) is 2.03. The van der Waals surface area contributed by atoms with Gasteiger partial charge in [0.2, 0.25) is 5.43 Å². The first kappa shape index (κ1) is 14.3. The second-order valence-electron chi connectivity index (χ2n) is 4.99. The second kappa shape index (κ2) is 6.34. The molecule has 0 radical (unpaired) electrons. The van der Waals surface area contributed by atoms with Gasteiger partial charge in [0.25, 0.3) is 5.91 Å². The van der Waals surface area contributed by atoms with Crippen molar-refractivity contribution in [2.45, 2.75) is 6.42 Å². The molecule has 0 unspecified atom stereocenters. The first-order chi connectivity index (χ1) is 9.59. The highest BCUT2D eigenvalue weighted by atomic mass is 16.2. The molecule has 20 heavy (non-hydrogen) atoms. The molecule has 2 N–H and O–H groups in total. The fourth-order valence-electron chi connectivity index (χ4n) is 2.03. The molecular formula is C15H19N3O2. The van der Waals surface area contributed by atoms with Crippen LogP contribution in [0.25, 0.3) is 10.9 Å². The molecule has 1 amide bonds. The van der Waals surface area contributed by atoms with Crippen molar-refractivity contribution in [2.24, 2.45) is 0 Å². The molecule has 2 aromatic rings. The summed E-state index contributed by atoms with van der Waals surface area (Å²) >= 11 is 0. The summed E-state index contributed by atoms with van der Waals surface area (Å²) in [5.74, 6) is -0.323. The molecule has 0 fully saturated rings. The highest BCUT2D eigenvalue weighted by Crippen LogP contribution is 2.06. The third-order valence-corrected chi connectivity index (χ3v) is 3.10. The molecule has 106 valence electrons. The van der Waals surface area contributed by atoms with Crippen LogP contribution >= 0.6 is 0 Å². The average molecular weight is 273 g/mol. The molecule has 0 saturated heterocycles. The minimum Gasteiger partial charge on any atom is -0.360 e. The number of nitrogens with zero attached hydrogens (tertiary/aromatic N) is 1. The fraction of sp³-hybridized carbons (Fsp3) is 0.333. The summed E-state index contributed by atoms with van der Waals surface area (Å²) in [5, 5.41) is 3.31. The van der Waals surface area contributed by atoms with Crippen molar-refractivity contribution >= 4 is 16.8 Å². The predicted molar refractivity (Wildman–Crippen MR) is 80.1 cm³/mol. The van der Waals surface area contributed by atoms with Crippen LogP contribution in [0.4, 0.5) is 0 Å². The number of aromatic nitrogens is 1. The minimum absolute atomic E-state index is 0.161. The summed E-state index contributed by atoms with van der Waals surface area (Å²) in [7, 11) is 3.96. The first-order valence-electron chi connectivity index (χ1n) is 6.63. The van der Waals surface area contributed by atoms with Crippen LogP contribution in [-0.2, 0) is 0 Å². The van der Waals surface area contributed by atoms with Gasteiger partial charge in [0.15, 0.2) is 0 Å². The molecule has 0 aliphatic heterocycles. The summed E-state index contributed by atoms with van der Waals surface area (Å²) in [6, 6.07) is 7.17. The van der Waals surface area contributed by atoms with E-state index in [0.717, 1.165) is 18.5 Å². The number of fused-ring (bicyclic) bond motifs is 1. The lowest BCUT2D eigenvalue weighted by Crippen LogP contribution is -2.31. The van der Waals surface area contributed by atoms with Crippen molar-refractivity contribution < 1.29 is 4.79 Å². The lowest BCUT2D eigenvalue weighted by molar-refractivity contribution is 0.0951. The van der Waals surface area contributed by atoms with E-state index in [4.69, 9.17) is 0 Å². The number of rotatable bonds is 5. The number of nitrogens with one attached hydrogen (secondary N) is 2. The van der Waals surface area contributed by atoms with Gasteiger partial charge in [-0.1, -0.05) is 12.1 Å². The molecular weight excluding hydrogens is 254 g/mol. The lowest BCUT2D eigenvalue weighted by Gasteiger charge is -2.10. The van der Waals surface area contributed by atoms with Crippen molar-refractivity contribution in [3.05, 3.63) is 46.2 Å². The summed E-state index contributed by atoms with van der Waals surface area (Å²) < 4.78 is 0. The monoisotopic (exact) mass is 273 g/mol. The zero-order valence-electron chi connectivity index (χ0n) is 11.8. The third kappa shape index (κ3) is 3.24. The Hall–Kier alpha value is -2.14. The largest absolute Gasteiger partial charge is 0.360 e. The van der Waals surface area contributed by atoms with E-state index < -0.39 is 0 Å². The summed E-state index contributed by atoms with van der Waals surface area (Å²) in [5.41, 5.74) is 0.666. The van der Waals surface area contributed by atoms with Gasteiger partial charge in [0.1, 0.15) is 5.56 Å². The highest BCUT2D eigenvalue weighted by molar-refractivity contribution is 5.97. The van der Waals surface area contributed by atoms with Gasteiger partial charge < -0.3 is 15.2 Å². The number of pyridine rings is 1. The number of amides is 1. The van der Waals surface area contributed by atoms with E-state index >= 15 is 0 Å². The van der Waals surface area contributed by atoms with E-state index in [-0.39, 0.29) is 16.9 Å². The van der Waals surface area contributed by atoms with Crippen LogP contribution in [0, 0.1) is 0 Å². The Labute approximate surface area is 117 Å². The maximum atomic E-state index is 12.2. The van der Waals surface area contributed by atoms with Gasteiger partial charge in [0.05, 0.1) is 0 Å². The zero-order valence-corrected chi connectivity index (χ0v) is 11.8. The smallest absolute Gasteiger partial charge is 0.256 e. The number of para-hydroxylation sites is 1. The van der Waals surface area contributed by atoms with E-state index in [1.54, 1.807) is 12.1 Å². The van der Waals surface area contributed by atoms with Crippen LogP contribution < -0.4 is 10.7 Å². The van der Waals surface area contributed by atoms with Gasteiger partial charge in [-0.05, 0) is 39.2 Å². The van der Waals surface area contributed by atoms with Crippen molar-refractivity contribution in [1.29, 1.82) is 0 Å². The maximum Gasteiger partial charge on any atom is 0.256 e. The molecule has 2 rings (SSSR count). The molecule has 1 aromatic carbocycles. The van der Waals surface area contributed by atoms with Crippen LogP contribution in [0.1, 0.15) is 16.8 Å². The SMILES string of the molecule is CN(C)CCCNC(=O)c1c[nH]c2ccccc2c1=O. The van der Waals surface area contributed by atoms with Crippen LogP contribution in [-0.4, -0.2) is 43.0 Å². The number of benzene rings is 1. The van der Waals surface area contributed by atoms with Gasteiger partial charge in [-0.3, -0.25) is 9.59 Å². The molecule has 0 aliphatic carbocycles. The summed E-state index contributed by atoms with van der Waals surface area (Å²) in [4.78, 5) is 29.3. The number of carbonyl (C=O) groups excluding carboxylic acids is 1. The van der Waals surface area contributed by atoms with Crippen molar-refractivity contribution in [3.8, 4) is 0 Å². The van der Waals surface area contributed by atoms with E-state index in [2.05, 4.69) is 15.2 Å². The molecule has 1 heterocycles. The summed E-state index contributed by atoms with van der Waals surface area (Å²) in [6.45, 7) is 1.46. The topological polar surface area (TPSA) is 65.2 Å². The number of H-pyrrole nitrogens is 1. The quantitative estimate of drug-likeness (QED) is 0.805. The molecule has 0 saturated carbocycles. The predicted octanol–water partition coefficient (Wildman–Crippen LogP) is 1.21. The third-order valence-electron chi connectivity index (χ3n) is 3.10. The van der Waals surface area contributed by atoms with Crippen LogP contribution in [0.2, 0.25) is 0 Å². The molecule has 0 spiro atoms. The van der Waals surface area contributed by atoms with Crippen LogP contribution in [0.15, 0.2) is 35.3 Å².